The van der Waals surface area contributed by atoms with E-state index in [-0.39, 0.29) is 0 Å². The lowest BCUT2D eigenvalue weighted by atomic mass is 10.3. The second kappa shape index (κ2) is 10.3. The largest absolute Gasteiger partial charge is 0.327 e. The van der Waals surface area contributed by atoms with Crippen molar-refractivity contribution in [1.29, 1.82) is 0 Å². The number of nitrogens with zero attached hydrogens (tertiary/aromatic N) is 3. The van der Waals surface area contributed by atoms with Crippen LogP contribution >= 0.6 is 23.4 Å². The average Bonchev–Trinajstić information content (AvgIpc) is 2.99. The van der Waals surface area contributed by atoms with Gasteiger partial charge in [0, 0.05) is 13.1 Å². The first-order valence-corrected chi connectivity index (χ1v) is 11.1. The van der Waals surface area contributed by atoms with Crippen LogP contribution in [0.2, 0.25) is 0 Å². The molecular weight excluding hydrogens is 386 g/mol. The molecule has 0 amide bonds. The molecule has 1 aromatic heterocycles. The molecule has 4 nitrogen and oxygen atoms in total. The third-order valence-corrected chi connectivity index (χ3v) is 6.91. The van der Waals surface area contributed by atoms with Crippen LogP contribution in [0.15, 0.2) is 45.5 Å². The molecular formula is C19H26ClN3OS2. The average molecular weight is 412 g/mol. The third kappa shape index (κ3) is 5.22. The lowest BCUT2D eigenvalue weighted by molar-refractivity contribution is 0.414. The Morgan fingerprint density at radius 2 is 2.15 bits per heavy atom. The van der Waals surface area contributed by atoms with Gasteiger partial charge in [-0.05, 0) is 32.4 Å². The number of hydrogen-bond acceptors (Lipinski definition) is 3. The molecule has 1 unspecified atom stereocenters. The van der Waals surface area contributed by atoms with E-state index in [1.807, 2.05) is 35.5 Å². The topological polar surface area (TPSA) is 38.1 Å². The number of fused-ring (bicyclic) bond motifs is 1. The summed E-state index contributed by atoms with van der Waals surface area (Å²) < 4.78 is 18.4. The number of imidazole rings is 1. The molecule has 142 valence electrons. The normalized spacial score (nSPS) is 13.5. The molecule has 0 N–H and O–H groups in total. The predicted octanol–water partition coefficient (Wildman–Crippen LogP) is 5.63. The fourth-order valence-electron chi connectivity index (χ4n) is 2.74. The molecule has 7 heteroatoms. The Morgan fingerprint density at radius 1 is 1.42 bits per heavy atom. The van der Waals surface area contributed by atoms with Crippen molar-refractivity contribution in [2.45, 2.75) is 46.7 Å². The highest BCUT2D eigenvalue weighted by Gasteiger charge is 2.21. The van der Waals surface area contributed by atoms with E-state index in [9.17, 15) is 4.21 Å². The van der Waals surface area contributed by atoms with Gasteiger partial charge < -0.3 is 4.57 Å². The molecule has 0 spiro atoms. The maximum absolute atomic E-state index is 13.1. The minimum atomic E-state index is -1.29. The first kappa shape index (κ1) is 21.2. The van der Waals surface area contributed by atoms with Gasteiger partial charge in [-0.15, -0.1) is 0 Å². The highest BCUT2D eigenvalue weighted by molar-refractivity contribution is 8.19. The zero-order valence-electron chi connectivity index (χ0n) is 15.6. The summed E-state index contributed by atoms with van der Waals surface area (Å²) in [5, 5.41) is 0. The summed E-state index contributed by atoms with van der Waals surface area (Å²) in [4.78, 5) is 4.78. The number of unbranched alkanes of at least 4 members (excludes halogenated alkanes) is 1. The molecule has 0 fully saturated rings. The van der Waals surface area contributed by atoms with E-state index in [0.29, 0.717) is 15.1 Å². The summed E-state index contributed by atoms with van der Waals surface area (Å²) in [6.07, 6.45) is 3.86. The second-order valence-electron chi connectivity index (χ2n) is 5.79. The number of aryl methyl sites for hydroxylation is 1. The van der Waals surface area contributed by atoms with Crippen molar-refractivity contribution >= 4 is 45.4 Å². The van der Waals surface area contributed by atoms with E-state index >= 15 is 0 Å². The summed E-state index contributed by atoms with van der Waals surface area (Å²) in [6.45, 7) is 11.9. The van der Waals surface area contributed by atoms with Gasteiger partial charge in [-0.2, -0.15) is 0 Å². The molecule has 0 radical (unpaired) electrons. The van der Waals surface area contributed by atoms with Crippen LogP contribution < -0.4 is 0 Å². The molecule has 1 atom stereocenters. The number of hydrogen-bond donors (Lipinski definition) is 0. The highest BCUT2D eigenvalue weighted by atomic mass is 35.5. The molecule has 0 aliphatic heterocycles. The summed E-state index contributed by atoms with van der Waals surface area (Å²) in [5.41, 5.74) is 2.08. The van der Waals surface area contributed by atoms with Gasteiger partial charge in [0.2, 0.25) is 0 Å². The van der Waals surface area contributed by atoms with Crippen LogP contribution in [0.4, 0.5) is 0 Å². The third-order valence-electron chi connectivity index (χ3n) is 3.98. The Morgan fingerprint density at radius 3 is 2.77 bits per heavy atom. The number of aromatic nitrogens is 2. The van der Waals surface area contributed by atoms with Crippen molar-refractivity contribution in [3.63, 3.8) is 0 Å². The van der Waals surface area contributed by atoms with Crippen LogP contribution in [0.3, 0.4) is 0 Å². The van der Waals surface area contributed by atoms with Crippen molar-refractivity contribution in [2.75, 3.05) is 6.54 Å². The first-order valence-electron chi connectivity index (χ1n) is 8.81. The van der Waals surface area contributed by atoms with Crippen LogP contribution in [-0.2, 0) is 24.1 Å². The molecule has 1 heterocycles. The highest BCUT2D eigenvalue weighted by Crippen LogP contribution is 2.31. The Labute approximate surface area is 167 Å². The van der Waals surface area contributed by atoms with Gasteiger partial charge in [-0.3, -0.25) is 0 Å². The van der Waals surface area contributed by atoms with Crippen LogP contribution in [0.25, 0.3) is 11.0 Å². The molecule has 26 heavy (non-hydrogen) atoms. The monoisotopic (exact) mass is 411 g/mol. The van der Waals surface area contributed by atoms with E-state index in [1.165, 1.54) is 11.8 Å². The van der Waals surface area contributed by atoms with E-state index in [1.54, 1.807) is 0 Å². The van der Waals surface area contributed by atoms with Crippen molar-refractivity contribution < 1.29 is 4.21 Å². The molecule has 0 aliphatic rings. The Kier molecular flexibility index (Phi) is 8.41. The predicted molar refractivity (Wildman–Crippen MR) is 115 cm³/mol. The maximum Gasteiger partial charge on any atom is 0.134 e. The van der Waals surface area contributed by atoms with E-state index in [4.69, 9.17) is 16.6 Å². The van der Waals surface area contributed by atoms with E-state index in [0.717, 1.165) is 42.8 Å². The van der Waals surface area contributed by atoms with Crippen LogP contribution in [-0.4, -0.2) is 24.6 Å². The Balaban J connectivity index is 2.33. The van der Waals surface area contributed by atoms with E-state index in [2.05, 4.69) is 31.1 Å². The second-order valence-corrected chi connectivity index (χ2v) is 9.32. The molecule has 0 aliphatic carbocycles. The van der Waals surface area contributed by atoms with Gasteiger partial charge in [-0.1, -0.05) is 61.5 Å². The van der Waals surface area contributed by atoms with Crippen LogP contribution in [0, 0.1) is 0 Å². The van der Waals surface area contributed by atoms with Gasteiger partial charge in [0.1, 0.15) is 16.8 Å². The fourth-order valence-corrected chi connectivity index (χ4v) is 5.35. The number of thioether (sulfide) groups is 1. The van der Waals surface area contributed by atoms with E-state index < -0.39 is 11.0 Å². The first-order chi connectivity index (χ1) is 12.5. The number of allylic oxidation sites excluding steroid dienone is 1. The number of rotatable bonds is 10. The Hall–Kier alpha value is -1.08. The summed E-state index contributed by atoms with van der Waals surface area (Å²) in [6, 6.07) is 8.11. The van der Waals surface area contributed by atoms with Crippen molar-refractivity contribution in [3.8, 4) is 0 Å². The van der Waals surface area contributed by atoms with Crippen molar-refractivity contribution in [3.05, 3.63) is 51.3 Å². The summed E-state index contributed by atoms with van der Waals surface area (Å²) in [7, 11) is -1.29. The number of halogens is 1. The van der Waals surface area contributed by atoms with Gasteiger partial charge in [-0.25, -0.2) is 13.5 Å². The standard InChI is InChI=1S/C19H26ClN3OS2/c1-5-8-13-22(26(24)19(6-2)25-15(4)20)14-18-21-16-11-9-10-12-17(16)23(18)7-3/h6,9-12H,4-5,7-8,13-14H2,1-3H3/b19-6+. The summed E-state index contributed by atoms with van der Waals surface area (Å²) >= 11 is 7.18. The van der Waals surface area contributed by atoms with Gasteiger partial charge in [0.25, 0.3) is 0 Å². The SMILES string of the molecule is C=C(Cl)S/C(=C\C)S(=O)N(CCCC)Cc1nc2ccccc2n1CC. The fraction of sp³-hybridized carbons (Fsp3) is 0.421. The molecule has 0 saturated carbocycles. The molecule has 1 aromatic carbocycles. The lowest BCUT2D eigenvalue weighted by Crippen LogP contribution is -2.28. The molecule has 2 rings (SSSR count). The summed E-state index contributed by atoms with van der Waals surface area (Å²) in [5.74, 6) is 0.934. The zero-order valence-corrected chi connectivity index (χ0v) is 18.0. The molecule has 0 bridgehead atoms. The van der Waals surface area contributed by atoms with Crippen LogP contribution in [0.1, 0.15) is 39.4 Å². The lowest BCUT2D eigenvalue weighted by Gasteiger charge is -2.22. The number of para-hydroxylation sites is 2. The maximum atomic E-state index is 13.1. The number of benzene rings is 1. The van der Waals surface area contributed by atoms with Gasteiger partial charge in [0.15, 0.2) is 0 Å². The van der Waals surface area contributed by atoms with Gasteiger partial charge in [0.05, 0.1) is 26.2 Å². The smallest absolute Gasteiger partial charge is 0.134 e. The molecule has 2 aromatic rings. The quantitative estimate of drug-likeness (QED) is 0.508. The van der Waals surface area contributed by atoms with Crippen molar-refractivity contribution in [2.24, 2.45) is 0 Å². The Bertz CT molecular complexity index is 816. The minimum Gasteiger partial charge on any atom is -0.327 e. The molecule has 0 saturated heterocycles. The zero-order chi connectivity index (χ0) is 19.1. The minimum absolute atomic E-state index is 0.419. The van der Waals surface area contributed by atoms with Crippen LogP contribution in [0.5, 0.6) is 0 Å². The van der Waals surface area contributed by atoms with Crippen molar-refractivity contribution in [1.82, 2.24) is 13.9 Å². The van der Waals surface area contributed by atoms with Gasteiger partial charge >= 0.3 is 0 Å².